The highest BCUT2D eigenvalue weighted by Crippen LogP contribution is 2.17. The first-order chi connectivity index (χ1) is 6.77. The largest absolute Gasteiger partial charge is 0.319 e. The Bertz CT molecular complexity index is 490. The van der Waals surface area contributed by atoms with Crippen LogP contribution in [-0.2, 0) is 0 Å². The molecule has 3 heteroatoms. The van der Waals surface area contributed by atoms with Crippen molar-refractivity contribution < 1.29 is 4.39 Å². The minimum atomic E-state index is -0.421. The van der Waals surface area contributed by atoms with Crippen molar-refractivity contribution in [3.63, 3.8) is 0 Å². The van der Waals surface area contributed by atoms with E-state index in [9.17, 15) is 9.18 Å². The molecule has 0 aliphatic heterocycles. The molecule has 0 bridgehead atoms. The highest BCUT2D eigenvalue weighted by Gasteiger charge is 2.04. The fourth-order valence-electron chi connectivity index (χ4n) is 1.27. The van der Waals surface area contributed by atoms with Crippen LogP contribution in [0.4, 0.5) is 4.39 Å². The Morgan fingerprint density at radius 2 is 1.71 bits per heavy atom. The summed E-state index contributed by atoms with van der Waals surface area (Å²) in [7, 11) is 0. The van der Waals surface area contributed by atoms with E-state index in [0.29, 0.717) is 5.56 Å². The van der Waals surface area contributed by atoms with Crippen molar-refractivity contribution in [3.05, 3.63) is 58.6 Å². The van der Waals surface area contributed by atoms with Gasteiger partial charge in [-0.15, -0.1) is 0 Å². The molecule has 1 N–H and O–H groups in total. The predicted molar refractivity (Wildman–Crippen MR) is 52.5 cm³/mol. The first kappa shape index (κ1) is 8.69. The zero-order valence-electron chi connectivity index (χ0n) is 7.33. The highest BCUT2D eigenvalue weighted by molar-refractivity contribution is 5.58. The fraction of sp³-hybridized carbons (Fsp3) is 0. The number of nitrogens with one attached hydrogen (secondary N) is 1. The molecule has 0 aliphatic rings. The minimum absolute atomic E-state index is 0.234. The van der Waals surface area contributed by atoms with Crippen LogP contribution in [0.3, 0.4) is 0 Å². The van der Waals surface area contributed by atoms with Gasteiger partial charge < -0.3 is 4.98 Å². The molecular weight excluding hydrogens is 181 g/mol. The number of aromatic amines is 1. The maximum absolute atomic E-state index is 13.3. The van der Waals surface area contributed by atoms with E-state index in [2.05, 4.69) is 4.98 Å². The lowest BCUT2D eigenvalue weighted by Crippen LogP contribution is -2.06. The van der Waals surface area contributed by atoms with Crippen LogP contribution in [0, 0.1) is 5.82 Å². The maximum Gasteiger partial charge on any atom is 0.248 e. The van der Waals surface area contributed by atoms with Crippen LogP contribution in [0.15, 0.2) is 47.3 Å². The quantitative estimate of drug-likeness (QED) is 0.732. The van der Waals surface area contributed by atoms with E-state index in [1.54, 1.807) is 24.3 Å². The smallest absolute Gasteiger partial charge is 0.248 e. The summed E-state index contributed by atoms with van der Waals surface area (Å²) in [5.41, 5.74) is 0.603. The van der Waals surface area contributed by atoms with E-state index in [1.165, 1.54) is 12.1 Å². The molecule has 2 nitrogen and oxygen atoms in total. The van der Waals surface area contributed by atoms with E-state index in [4.69, 9.17) is 0 Å². The van der Waals surface area contributed by atoms with Crippen LogP contribution >= 0.6 is 0 Å². The molecule has 2 rings (SSSR count). The Kier molecular flexibility index (Phi) is 2.14. The number of benzene rings is 1. The number of rotatable bonds is 1. The average molecular weight is 189 g/mol. The predicted octanol–water partition coefficient (Wildman–Crippen LogP) is 2.18. The Balaban J connectivity index is 2.62. The van der Waals surface area contributed by atoms with Crippen LogP contribution in [-0.4, -0.2) is 4.98 Å². The number of H-pyrrole nitrogens is 1. The molecule has 14 heavy (non-hydrogen) atoms. The second kappa shape index (κ2) is 3.46. The molecule has 0 unspecified atom stereocenters. The van der Waals surface area contributed by atoms with Gasteiger partial charge in [-0.3, -0.25) is 4.79 Å². The second-order valence-corrected chi connectivity index (χ2v) is 2.91. The third kappa shape index (κ3) is 1.57. The van der Waals surface area contributed by atoms with Gasteiger partial charge in [-0.25, -0.2) is 4.39 Å². The zero-order valence-corrected chi connectivity index (χ0v) is 7.33. The SMILES string of the molecule is O=c1ccc(F)c(-c2ccccc2)[nH]1. The lowest BCUT2D eigenvalue weighted by atomic mass is 10.1. The topological polar surface area (TPSA) is 32.9 Å². The van der Waals surface area contributed by atoms with Gasteiger partial charge in [-0.1, -0.05) is 30.3 Å². The summed E-state index contributed by atoms with van der Waals surface area (Å²) in [6.45, 7) is 0. The van der Waals surface area contributed by atoms with Crippen LogP contribution < -0.4 is 5.56 Å². The highest BCUT2D eigenvalue weighted by atomic mass is 19.1. The van der Waals surface area contributed by atoms with Crippen LogP contribution in [0.2, 0.25) is 0 Å². The summed E-state index contributed by atoms with van der Waals surface area (Å²) in [6.07, 6.45) is 0. The Morgan fingerprint density at radius 1 is 1.00 bits per heavy atom. The number of pyridine rings is 1. The molecule has 70 valence electrons. The van der Waals surface area contributed by atoms with Gasteiger partial charge in [0.25, 0.3) is 0 Å². The molecule has 0 saturated carbocycles. The molecule has 0 aliphatic carbocycles. The first-order valence-electron chi connectivity index (χ1n) is 4.21. The van der Waals surface area contributed by atoms with Gasteiger partial charge in [0.1, 0.15) is 5.82 Å². The Labute approximate surface area is 80.0 Å². The summed E-state index contributed by atoms with van der Waals surface area (Å²) in [5.74, 6) is -0.421. The minimum Gasteiger partial charge on any atom is -0.319 e. The fourth-order valence-corrected chi connectivity index (χ4v) is 1.27. The number of halogens is 1. The van der Waals surface area contributed by atoms with Crippen LogP contribution in [0.1, 0.15) is 0 Å². The van der Waals surface area contributed by atoms with E-state index in [0.717, 1.165) is 0 Å². The summed E-state index contributed by atoms with van der Waals surface area (Å²) < 4.78 is 13.3. The molecule has 0 saturated heterocycles. The first-order valence-corrected chi connectivity index (χ1v) is 4.21. The molecular formula is C11H8FNO. The van der Waals surface area contributed by atoms with Crippen molar-refractivity contribution in [2.24, 2.45) is 0 Å². The van der Waals surface area contributed by atoms with Crippen LogP contribution in [0.5, 0.6) is 0 Å². The average Bonchev–Trinajstić information content (AvgIpc) is 2.23. The molecule has 0 radical (unpaired) electrons. The monoisotopic (exact) mass is 189 g/mol. The summed E-state index contributed by atoms with van der Waals surface area (Å²) in [4.78, 5) is 13.5. The summed E-state index contributed by atoms with van der Waals surface area (Å²) >= 11 is 0. The third-order valence-corrected chi connectivity index (χ3v) is 1.93. The maximum atomic E-state index is 13.3. The van der Waals surface area contributed by atoms with E-state index >= 15 is 0 Å². The molecule has 0 fully saturated rings. The van der Waals surface area contributed by atoms with Gasteiger partial charge in [-0.2, -0.15) is 0 Å². The second-order valence-electron chi connectivity index (χ2n) is 2.91. The van der Waals surface area contributed by atoms with Crippen molar-refractivity contribution in [3.8, 4) is 11.3 Å². The van der Waals surface area contributed by atoms with Gasteiger partial charge in [0.2, 0.25) is 5.56 Å². The Hall–Kier alpha value is -1.90. The van der Waals surface area contributed by atoms with Crippen molar-refractivity contribution in [1.29, 1.82) is 0 Å². The summed E-state index contributed by atoms with van der Waals surface area (Å²) in [6, 6.07) is 11.2. The molecule has 1 aromatic carbocycles. The van der Waals surface area contributed by atoms with Gasteiger partial charge in [0.15, 0.2) is 0 Å². The van der Waals surface area contributed by atoms with Crippen molar-refractivity contribution in [1.82, 2.24) is 4.98 Å². The van der Waals surface area contributed by atoms with Gasteiger partial charge in [0.05, 0.1) is 5.69 Å². The van der Waals surface area contributed by atoms with E-state index in [-0.39, 0.29) is 11.3 Å². The van der Waals surface area contributed by atoms with Gasteiger partial charge in [0, 0.05) is 11.6 Å². The summed E-state index contributed by atoms with van der Waals surface area (Å²) in [5, 5.41) is 0. The Morgan fingerprint density at radius 3 is 2.43 bits per heavy atom. The molecule has 1 heterocycles. The molecule has 0 amide bonds. The van der Waals surface area contributed by atoms with Gasteiger partial charge >= 0.3 is 0 Å². The molecule has 0 atom stereocenters. The number of aromatic nitrogens is 1. The van der Waals surface area contributed by atoms with E-state index in [1.807, 2.05) is 6.07 Å². The van der Waals surface area contributed by atoms with Crippen LogP contribution in [0.25, 0.3) is 11.3 Å². The molecule has 0 spiro atoms. The van der Waals surface area contributed by atoms with Crippen molar-refractivity contribution in [2.45, 2.75) is 0 Å². The molecule has 2 aromatic rings. The zero-order chi connectivity index (χ0) is 9.97. The lowest BCUT2D eigenvalue weighted by Gasteiger charge is -2.01. The normalized spacial score (nSPS) is 10.1. The number of hydrogen-bond donors (Lipinski definition) is 1. The number of hydrogen-bond acceptors (Lipinski definition) is 1. The van der Waals surface area contributed by atoms with Crippen molar-refractivity contribution >= 4 is 0 Å². The lowest BCUT2D eigenvalue weighted by molar-refractivity contribution is 0.624. The van der Waals surface area contributed by atoms with E-state index < -0.39 is 5.82 Å². The standard InChI is InChI=1S/C11H8FNO/c12-9-6-7-10(14)13-11(9)8-4-2-1-3-5-8/h1-7H,(H,13,14). The molecule has 1 aromatic heterocycles. The third-order valence-electron chi connectivity index (χ3n) is 1.93. The van der Waals surface area contributed by atoms with Crippen molar-refractivity contribution in [2.75, 3.05) is 0 Å². The van der Waals surface area contributed by atoms with Gasteiger partial charge in [-0.05, 0) is 6.07 Å².